The highest BCUT2D eigenvalue weighted by Gasteiger charge is 2.27. The van der Waals surface area contributed by atoms with E-state index in [0.29, 0.717) is 18.0 Å². The van der Waals surface area contributed by atoms with Crippen LogP contribution in [0.5, 0.6) is 0 Å². The van der Waals surface area contributed by atoms with Crippen LogP contribution in [0.2, 0.25) is 0 Å². The molecule has 0 bridgehead atoms. The fraction of sp³-hybridized carbons (Fsp3) is 0.600. The second-order valence-electron chi connectivity index (χ2n) is 3.67. The number of nitrogens with one attached hydrogen (secondary N) is 1. The lowest BCUT2D eigenvalue weighted by Crippen LogP contribution is -2.10. The Morgan fingerprint density at radius 3 is 3.07 bits per heavy atom. The van der Waals surface area contributed by atoms with E-state index in [9.17, 15) is 4.79 Å². The van der Waals surface area contributed by atoms with Gasteiger partial charge in [-0.3, -0.25) is 0 Å². The summed E-state index contributed by atoms with van der Waals surface area (Å²) in [6.45, 7) is 3.60. The van der Waals surface area contributed by atoms with Gasteiger partial charge in [0.15, 0.2) is 5.89 Å². The van der Waals surface area contributed by atoms with E-state index in [4.69, 9.17) is 9.52 Å². The second-order valence-corrected chi connectivity index (χ2v) is 3.67. The zero-order valence-corrected chi connectivity index (χ0v) is 8.62. The Bertz CT molecular complexity index is 367. The van der Waals surface area contributed by atoms with E-state index in [1.807, 2.05) is 6.92 Å². The number of nitrogens with zero attached hydrogens (tertiary/aromatic N) is 1. The molecule has 2 heterocycles. The maximum Gasteiger partial charge on any atom is 0.373 e. The zero-order chi connectivity index (χ0) is 10.8. The van der Waals surface area contributed by atoms with Gasteiger partial charge >= 0.3 is 5.97 Å². The molecule has 1 atom stereocenters. The highest BCUT2D eigenvalue weighted by molar-refractivity contribution is 5.85. The Hall–Kier alpha value is -1.36. The summed E-state index contributed by atoms with van der Waals surface area (Å²) in [5.74, 6) is -0.320. The predicted octanol–water partition coefficient (Wildman–Crippen LogP) is 1.01. The Kier molecular flexibility index (Phi) is 2.73. The minimum Gasteiger partial charge on any atom is -0.475 e. The monoisotopic (exact) mass is 210 g/mol. The maximum absolute atomic E-state index is 11.0. The normalized spacial score (nSPS) is 20.7. The van der Waals surface area contributed by atoms with Crippen molar-refractivity contribution in [1.82, 2.24) is 10.3 Å². The molecule has 0 radical (unpaired) electrons. The molecule has 0 spiro atoms. The molecule has 1 saturated heterocycles. The first-order valence-electron chi connectivity index (χ1n) is 5.16. The molecular weight excluding hydrogens is 196 g/mol. The number of oxazole rings is 1. The number of rotatable bonds is 3. The smallest absolute Gasteiger partial charge is 0.373 e. The largest absolute Gasteiger partial charge is 0.475 e. The molecule has 5 nitrogen and oxygen atoms in total. The fourth-order valence-electron chi connectivity index (χ4n) is 1.85. The van der Waals surface area contributed by atoms with E-state index in [2.05, 4.69) is 10.3 Å². The molecule has 15 heavy (non-hydrogen) atoms. The van der Waals surface area contributed by atoms with E-state index in [0.717, 1.165) is 19.5 Å². The number of aromatic carboxylic acids is 1. The second kappa shape index (κ2) is 4.02. The van der Waals surface area contributed by atoms with Gasteiger partial charge in [0.1, 0.15) is 0 Å². The summed E-state index contributed by atoms with van der Waals surface area (Å²) >= 11 is 0. The number of hydrogen-bond acceptors (Lipinski definition) is 4. The molecule has 82 valence electrons. The van der Waals surface area contributed by atoms with Gasteiger partial charge in [0.2, 0.25) is 5.76 Å². The Balaban J connectivity index is 2.34. The van der Waals surface area contributed by atoms with Gasteiger partial charge < -0.3 is 14.8 Å². The first kappa shape index (κ1) is 10.2. The molecule has 1 unspecified atom stereocenters. The van der Waals surface area contributed by atoms with Gasteiger partial charge in [-0.2, -0.15) is 0 Å². The maximum atomic E-state index is 11.0. The van der Waals surface area contributed by atoms with Crippen molar-refractivity contribution in [3.05, 3.63) is 17.3 Å². The lowest BCUT2D eigenvalue weighted by atomic mass is 10.0. The van der Waals surface area contributed by atoms with Crippen LogP contribution in [0.4, 0.5) is 0 Å². The SMILES string of the molecule is CCc1nc(C2CCNC2)c(C(=O)O)o1. The predicted molar refractivity (Wildman–Crippen MR) is 53.1 cm³/mol. The molecule has 2 N–H and O–H groups in total. The molecule has 0 saturated carbocycles. The van der Waals surface area contributed by atoms with Gasteiger partial charge in [0, 0.05) is 18.9 Å². The highest BCUT2D eigenvalue weighted by Crippen LogP contribution is 2.25. The Morgan fingerprint density at radius 2 is 2.53 bits per heavy atom. The first-order valence-corrected chi connectivity index (χ1v) is 5.16. The number of aryl methyl sites for hydroxylation is 1. The molecule has 5 heteroatoms. The highest BCUT2D eigenvalue weighted by atomic mass is 16.4. The van der Waals surface area contributed by atoms with E-state index >= 15 is 0 Å². The lowest BCUT2D eigenvalue weighted by Gasteiger charge is -2.03. The number of aromatic nitrogens is 1. The standard InChI is InChI=1S/C10H14N2O3/c1-2-7-12-8(6-3-4-11-5-6)9(15-7)10(13)14/h6,11H,2-5H2,1H3,(H,13,14). The molecule has 0 aromatic carbocycles. The van der Waals surface area contributed by atoms with Crippen molar-refractivity contribution >= 4 is 5.97 Å². The van der Waals surface area contributed by atoms with Crippen LogP contribution in [-0.2, 0) is 6.42 Å². The third kappa shape index (κ3) is 1.87. The van der Waals surface area contributed by atoms with E-state index in [1.165, 1.54) is 0 Å². The van der Waals surface area contributed by atoms with Crippen LogP contribution in [0.15, 0.2) is 4.42 Å². The van der Waals surface area contributed by atoms with Crippen molar-refractivity contribution in [3.8, 4) is 0 Å². The molecule has 1 fully saturated rings. The molecule has 1 aliphatic heterocycles. The minimum atomic E-state index is -1.02. The van der Waals surface area contributed by atoms with E-state index in [1.54, 1.807) is 0 Å². The van der Waals surface area contributed by atoms with Crippen LogP contribution >= 0.6 is 0 Å². The van der Waals surface area contributed by atoms with Crippen molar-refractivity contribution in [2.24, 2.45) is 0 Å². The fourth-order valence-corrected chi connectivity index (χ4v) is 1.85. The van der Waals surface area contributed by atoms with E-state index in [-0.39, 0.29) is 11.7 Å². The van der Waals surface area contributed by atoms with Crippen LogP contribution in [0.3, 0.4) is 0 Å². The quantitative estimate of drug-likeness (QED) is 0.778. The summed E-state index contributed by atoms with van der Waals surface area (Å²) in [4.78, 5) is 15.2. The summed E-state index contributed by atoms with van der Waals surface area (Å²) in [6.07, 6.45) is 1.55. The van der Waals surface area contributed by atoms with Crippen LogP contribution < -0.4 is 5.32 Å². The number of carbonyl (C=O) groups is 1. The zero-order valence-electron chi connectivity index (χ0n) is 8.62. The summed E-state index contributed by atoms with van der Waals surface area (Å²) < 4.78 is 5.20. The van der Waals surface area contributed by atoms with Crippen molar-refractivity contribution in [3.63, 3.8) is 0 Å². The third-order valence-electron chi connectivity index (χ3n) is 2.64. The van der Waals surface area contributed by atoms with Crippen molar-refractivity contribution in [2.75, 3.05) is 13.1 Å². The summed E-state index contributed by atoms with van der Waals surface area (Å²) in [5, 5.41) is 12.2. The molecule has 1 aliphatic rings. The van der Waals surface area contributed by atoms with Crippen LogP contribution in [0, 0.1) is 0 Å². The number of carboxylic acids is 1. The van der Waals surface area contributed by atoms with E-state index < -0.39 is 5.97 Å². The number of carboxylic acid groups (broad SMARTS) is 1. The van der Waals surface area contributed by atoms with Crippen LogP contribution in [-0.4, -0.2) is 29.1 Å². The van der Waals surface area contributed by atoms with Gasteiger partial charge in [-0.15, -0.1) is 0 Å². The number of hydrogen-bond donors (Lipinski definition) is 2. The average molecular weight is 210 g/mol. The van der Waals surface area contributed by atoms with Gasteiger partial charge in [0.05, 0.1) is 5.69 Å². The minimum absolute atomic E-state index is 0.0144. The molecular formula is C10H14N2O3. The Morgan fingerprint density at radius 1 is 1.73 bits per heavy atom. The molecule has 1 aromatic heterocycles. The summed E-state index contributed by atoms with van der Waals surface area (Å²) in [7, 11) is 0. The van der Waals surface area contributed by atoms with Crippen molar-refractivity contribution in [2.45, 2.75) is 25.7 Å². The summed E-state index contributed by atoms with van der Waals surface area (Å²) in [6, 6.07) is 0. The lowest BCUT2D eigenvalue weighted by molar-refractivity contribution is 0.0658. The Labute approximate surface area is 87.5 Å². The summed E-state index contributed by atoms with van der Waals surface area (Å²) in [5.41, 5.74) is 0.601. The average Bonchev–Trinajstić information content (AvgIpc) is 2.86. The van der Waals surface area contributed by atoms with Crippen molar-refractivity contribution < 1.29 is 14.3 Å². The van der Waals surface area contributed by atoms with Gasteiger partial charge in [-0.25, -0.2) is 9.78 Å². The van der Waals surface area contributed by atoms with Crippen LogP contribution in [0.1, 0.15) is 41.4 Å². The third-order valence-corrected chi connectivity index (χ3v) is 2.64. The van der Waals surface area contributed by atoms with Crippen LogP contribution in [0.25, 0.3) is 0 Å². The molecule has 2 rings (SSSR count). The first-order chi connectivity index (χ1) is 7.22. The van der Waals surface area contributed by atoms with Gasteiger partial charge in [-0.05, 0) is 13.0 Å². The molecule has 0 amide bonds. The topological polar surface area (TPSA) is 75.4 Å². The van der Waals surface area contributed by atoms with Gasteiger partial charge in [-0.1, -0.05) is 6.92 Å². The van der Waals surface area contributed by atoms with Crippen molar-refractivity contribution in [1.29, 1.82) is 0 Å². The van der Waals surface area contributed by atoms with Gasteiger partial charge in [0.25, 0.3) is 0 Å². The molecule has 1 aromatic rings. The molecule has 0 aliphatic carbocycles.